The lowest BCUT2D eigenvalue weighted by Gasteiger charge is -2.37. The number of hydrogen-bond donors (Lipinski definition) is 1. The molecule has 3 aliphatic rings. The molecule has 3 fully saturated rings. The Morgan fingerprint density at radius 1 is 1.19 bits per heavy atom. The Kier molecular flexibility index (Phi) is 4.48. The van der Waals surface area contributed by atoms with Crippen LogP contribution in [0.1, 0.15) is 45.4 Å². The van der Waals surface area contributed by atoms with E-state index in [9.17, 15) is 9.59 Å². The monoisotopic (exact) mass is 293 g/mol. The molecule has 0 aromatic rings. The van der Waals surface area contributed by atoms with Gasteiger partial charge in [0.1, 0.15) is 0 Å². The molecule has 1 heterocycles. The second kappa shape index (κ2) is 6.34. The summed E-state index contributed by atoms with van der Waals surface area (Å²) in [4.78, 5) is 28.1. The average molecular weight is 293 g/mol. The van der Waals surface area contributed by atoms with Crippen LogP contribution < -0.4 is 5.32 Å². The predicted molar refractivity (Wildman–Crippen MR) is 80.7 cm³/mol. The van der Waals surface area contributed by atoms with Crippen molar-refractivity contribution >= 4 is 11.8 Å². The van der Waals surface area contributed by atoms with Gasteiger partial charge < -0.3 is 10.2 Å². The van der Waals surface area contributed by atoms with Crippen LogP contribution in [0.2, 0.25) is 0 Å². The Labute approximate surface area is 127 Å². The number of nitrogens with one attached hydrogen (secondary N) is 1. The van der Waals surface area contributed by atoms with Crippen molar-refractivity contribution < 1.29 is 9.59 Å². The molecule has 1 saturated heterocycles. The SMILES string of the molecule is CC1CCC(N(CC(=O)N2CCNC(=O)C2)C2CC2)CC1. The zero-order chi connectivity index (χ0) is 14.8. The lowest BCUT2D eigenvalue weighted by molar-refractivity contribution is -0.139. The first-order valence-electron chi connectivity index (χ1n) is 8.43. The first-order chi connectivity index (χ1) is 10.1. The van der Waals surface area contributed by atoms with Crippen molar-refractivity contribution in [3.63, 3.8) is 0 Å². The van der Waals surface area contributed by atoms with Gasteiger partial charge in [-0.25, -0.2) is 0 Å². The largest absolute Gasteiger partial charge is 0.353 e. The number of amides is 2. The Balaban J connectivity index is 1.57. The summed E-state index contributed by atoms with van der Waals surface area (Å²) in [6.07, 6.45) is 7.50. The van der Waals surface area contributed by atoms with Gasteiger partial charge in [-0.15, -0.1) is 0 Å². The van der Waals surface area contributed by atoms with Gasteiger partial charge in [-0.1, -0.05) is 6.92 Å². The molecule has 118 valence electrons. The summed E-state index contributed by atoms with van der Waals surface area (Å²) in [5, 5.41) is 2.78. The minimum Gasteiger partial charge on any atom is -0.353 e. The van der Waals surface area contributed by atoms with Crippen molar-refractivity contribution in [1.29, 1.82) is 0 Å². The van der Waals surface area contributed by atoms with E-state index in [1.165, 1.54) is 38.5 Å². The normalized spacial score (nSPS) is 30.4. The molecule has 0 radical (unpaired) electrons. The zero-order valence-corrected chi connectivity index (χ0v) is 13.0. The molecule has 1 aliphatic heterocycles. The number of nitrogens with zero attached hydrogens (tertiary/aromatic N) is 2. The molecule has 21 heavy (non-hydrogen) atoms. The number of rotatable bonds is 4. The molecule has 3 rings (SSSR count). The van der Waals surface area contributed by atoms with Crippen LogP contribution in [0.15, 0.2) is 0 Å². The molecule has 2 amide bonds. The van der Waals surface area contributed by atoms with Crippen molar-refractivity contribution in [2.24, 2.45) is 5.92 Å². The highest BCUT2D eigenvalue weighted by molar-refractivity contribution is 5.86. The summed E-state index contributed by atoms with van der Waals surface area (Å²) in [6.45, 7) is 4.32. The molecule has 2 saturated carbocycles. The van der Waals surface area contributed by atoms with E-state index in [-0.39, 0.29) is 18.4 Å². The third-order valence-corrected chi connectivity index (χ3v) is 5.18. The van der Waals surface area contributed by atoms with E-state index < -0.39 is 0 Å². The van der Waals surface area contributed by atoms with Crippen LogP contribution in [0.5, 0.6) is 0 Å². The molecule has 0 bridgehead atoms. The number of hydrogen-bond acceptors (Lipinski definition) is 3. The van der Waals surface area contributed by atoms with Crippen LogP contribution in [0.25, 0.3) is 0 Å². The maximum absolute atomic E-state index is 12.5. The van der Waals surface area contributed by atoms with Gasteiger partial charge in [0.25, 0.3) is 0 Å². The quantitative estimate of drug-likeness (QED) is 0.841. The molecule has 0 aromatic carbocycles. The Morgan fingerprint density at radius 2 is 1.81 bits per heavy atom. The second-order valence-corrected chi connectivity index (χ2v) is 6.98. The molecule has 2 aliphatic carbocycles. The van der Waals surface area contributed by atoms with Gasteiger partial charge in [-0.05, 0) is 44.4 Å². The van der Waals surface area contributed by atoms with E-state index in [0.717, 1.165) is 5.92 Å². The fraction of sp³-hybridized carbons (Fsp3) is 0.875. The fourth-order valence-corrected chi connectivity index (χ4v) is 3.64. The third kappa shape index (κ3) is 3.76. The van der Waals surface area contributed by atoms with E-state index in [1.807, 2.05) is 0 Å². The summed E-state index contributed by atoms with van der Waals surface area (Å²) in [5.41, 5.74) is 0. The first-order valence-corrected chi connectivity index (χ1v) is 8.43. The topological polar surface area (TPSA) is 52.7 Å². The van der Waals surface area contributed by atoms with Crippen molar-refractivity contribution in [3.8, 4) is 0 Å². The van der Waals surface area contributed by atoms with Gasteiger partial charge in [0.05, 0.1) is 13.1 Å². The van der Waals surface area contributed by atoms with Crippen LogP contribution >= 0.6 is 0 Å². The minimum atomic E-state index is -0.0286. The van der Waals surface area contributed by atoms with Crippen molar-refractivity contribution in [2.45, 2.75) is 57.5 Å². The Hall–Kier alpha value is -1.10. The third-order valence-electron chi connectivity index (χ3n) is 5.18. The van der Waals surface area contributed by atoms with Crippen LogP contribution in [-0.4, -0.2) is 59.9 Å². The van der Waals surface area contributed by atoms with Crippen molar-refractivity contribution in [2.75, 3.05) is 26.2 Å². The van der Waals surface area contributed by atoms with Crippen molar-refractivity contribution in [1.82, 2.24) is 15.1 Å². The maximum atomic E-state index is 12.5. The molecular weight excluding hydrogens is 266 g/mol. The number of carbonyl (C=O) groups is 2. The van der Waals surface area contributed by atoms with Crippen LogP contribution in [-0.2, 0) is 9.59 Å². The Bertz CT molecular complexity index is 400. The molecule has 0 atom stereocenters. The van der Waals surface area contributed by atoms with E-state index in [2.05, 4.69) is 17.1 Å². The average Bonchev–Trinajstić information content (AvgIpc) is 3.30. The highest BCUT2D eigenvalue weighted by Gasteiger charge is 2.37. The molecule has 0 spiro atoms. The summed E-state index contributed by atoms with van der Waals surface area (Å²) in [7, 11) is 0. The van der Waals surface area contributed by atoms with Gasteiger partial charge in [0.15, 0.2) is 0 Å². The molecule has 5 heteroatoms. The Morgan fingerprint density at radius 3 is 2.38 bits per heavy atom. The summed E-state index contributed by atoms with van der Waals surface area (Å²) in [6, 6.07) is 1.20. The first kappa shape index (κ1) is 14.8. The van der Waals surface area contributed by atoms with Gasteiger partial charge in [-0.2, -0.15) is 0 Å². The smallest absolute Gasteiger partial charge is 0.239 e. The lowest BCUT2D eigenvalue weighted by atomic mass is 9.86. The summed E-state index contributed by atoms with van der Waals surface area (Å²) >= 11 is 0. The van der Waals surface area contributed by atoms with Gasteiger partial charge >= 0.3 is 0 Å². The van der Waals surface area contributed by atoms with Gasteiger partial charge in [-0.3, -0.25) is 14.5 Å². The van der Waals surface area contributed by atoms with Gasteiger partial charge in [0.2, 0.25) is 11.8 Å². The van der Waals surface area contributed by atoms with E-state index >= 15 is 0 Å². The summed E-state index contributed by atoms with van der Waals surface area (Å²) in [5.74, 6) is 0.943. The van der Waals surface area contributed by atoms with E-state index in [4.69, 9.17) is 0 Å². The molecule has 0 unspecified atom stereocenters. The second-order valence-electron chi connectivity index (χ2n) is 6.98. The maximum Gasteiger partial charge on any atom is 0.239 e. The van der Waals surface area contributed by atoms with Crippen LogP contribution in [0.3, 0.4) is 0 Å². The summed E-state index contributed by atoms with van der Waals surface area (Å²) < 4.78 is 0. The number of piperazine rings is 1. The van der Waals surface area contributed by atoms with Gasteiger partial charge in [0, 0.05) is 25.2 Å². The minimum absolute atomic E-state index is 0.0286. The zero-order valence-electron chi connectivity index (χ0n) is 13.0. The number of carbonyl (C=O) groups excluding carboxylic acids is 2. The highest BCUT2D eigenvalue weighted by atomic mass is 16.2. The predicted octanol–water partition coefficient (Wildman–Crippen LogP) is 0.988. The van der Waals surface area contributed by atoms with E-state index in [0.29, 0.717) is 31.7 Å². The molecule has 1 N–H and O–H groups in total. The molecule has 5 nitrogen and oxygen atoms in total. The molecular formula is C16H27N3O2. The van der Waals surface area contributed by atoms with Crippen LogP contribution in [0, 0.1) is 5.92 Å². The van der Waals surface area contributed by atoms with E-state index in [1.54, 1.807) is 4.90 Å². The standard InChI is InChI=1S/C16H27N3O2/c1-12-2-4-13(5-3-12)19(14-6-7-14)11-16(21)18-9-8-17-15(20)10-18/h12-14H,2-11H2,1H3,(H,17,20). The fourth-order valence-electron chi connectivity index (χ4n) is 3.64. The molecule has 0 aromatic heterocycles. The van der Waals surface area contributed by atoms with Crippen molar-refractivity contribution in [3.05, 3.63) is 0 Å². The van der Waals surface area contributed by atoms with Crippen LogP contribution in [0.4, 0.5) is 0 Å². The highest BCUT2D eigenvalue weighted by Crippen LogP contribution is 2.35. The lowest BCUT2D eigenvalue weighted by Crippen LogP contribution is -2.53.